The lowest BCUT2D eigenvalue weighted by atomic mass is 10.3. The molecular formula is C16H14N8O2. The van der Waals surface area contributed by atoms with Crippen molar-refractivity contribution in [2.45, 2.75) is 13.1 Å². The van der Waals surface area contributed by atoms with Gasteiger partial charge in [0.2, 0.25) is 0 Å². The van der Waals surface area contributed by atoms with Gasteiger partial charge < -0.3 is 0 Å². The van der Waals surface area contributed by atoms with Crippen molar-refractivity contribution in [2.24, 2.45) is 0 Å². The number of aromatic nitrogens is 8. The molecule has 26 heavy (non-hydrogen) atoms. The van der Waals surface area contributed by atoms with Crippen LogP contribution in [0.3, 0.4) is 0 Å². The lowest BCUT2D eigenvalue weighted by molar-refractivity contribution is 0.465. The van der Waals surface area contributed by atoms with Crippen molar-refractivity contribution in [1.82, 2.24) is 39.6 Å². The summed E-state index contributed by atoms with van der Waals surface area (Å²) >= 11 is 0. The van der Waals surface area contributed by atoms with E-state index in [1.54, 1.807) is 24.3 Å². The molecular weight excluding hydrogens is 336 g/mol. The highest BCUT2D eigenvalue weighted by molar-refractivity contribution is 5.29. The van der Waals surface area contributed by atoms with Gasteiger partial charge in [-0.2, -0.15) is 18.7 Å². The predicted octanol–water partition coefficient (Wildman–Crippen LogP) is -0.128. The maximum Gasteiger partial charge on any atom is 0.368 e. The second-order valence-corrected chi connectivity index (χ2v) is 5.46. The number of hydrogen-bond acceptors (Lipinski definition) is 6. The molecule has 0 bridgehead atoms. The molecule has 0 saturated heterocycles. The number of nitrogens with zero attached hydrogens (tertiary/aromatic N) is 8. The zero-order valence-corrected chi connectivity index (χ0v) is 13.6. The third-order valence-corrected chi connectivity index (χ3v) is 3.80. The summed E-state index contributed by atoms with van der Waals surface area (Å²) in [6.07, 6.45) is 0. The van der Waals surface area contributed by atoms with Crippen molar-refractivity contribution < 1.29 is 0 Å². The molecule has 0 N–H and O–H groups in total. The molecule has 130 valence electrons. The Balaban J connectivity index is 1.54. The van der Waals surface area contributed by atoms with Crippen molar-refractivity contribution in [3.8, 4) is 11.4 Å². The summed E-state index contributed by atoms with van der Waals surface area (Å²) in [4.78, 5) is 24.7. The second-order valence-electron chi connectivity index (χ2n) is 5.46. The molecule has 4 rings (SSSR count). The highest BCUT2D eigenvalue weighted by Crippen LogP contribution is 2.01. The van der Waals surface area contributed by atoms with E-state index in [2.05, 4.69) is 20.9 Å². The first-order chi connectivity index (χ1) is 12.7. The van der Waals surface area contributed by atoms with Gasteiger partial charge in [-0.15, -0.1) is 0 Å². The van der Waals surface area contributed by atoms with Crippen molar-refractivity contribution in [3.63, 3.8) is 0 Å². The van der Waals surface area contributed by atoms with Crippen LogP contribution in [0, 0.1) is 0 Å². The lowest BCUT2D eigenvalue weighted by Crippen LogP contribution is -2.30. The minimum absolute atomic E-state index is 0.152. The van der Waals surface area contributed by atoms with Crippen molar-refractivity contribution in [3.05, 3.63) is 81.6 Å². The standard InChI is InChI=1S/C16H14N8O2/c25-15-21(17-19-23(15)13-7-3-1-4-8-13)11-12-22-16(26)24(20-18-22)14-9-5-2-6-10-14/h1-10H,11-12H2. The molecule has 0 radical (unpaired) electrons. The molecule has 0 atom stereocenters. The summed E-state index contributed by atoms with van der Waals surface area (Å²) in [5.74, 6) is 0. The highest BCUT2D eigenvalue weighted by atomic mass is 16.2. The molecule has 10 heteroatoms. The molecule has 0 spiro atoms. The maximum absolute atomic E-state index is 12.4. The Morgan fingerprint density at radius 2 is 0.962 bits per heavy atom. The number of aryl methyl sites for hydroxylation is 2. The zero-order chi connectivity index (χ0) is 17.9. The first-order valence-corrected chi connectivity index (χ1v) is 7.90. The van der Waals surface area contributed by atoms with Crippen LogP contribution in [0.15, 0.2) is 70.3 Å². The molecule has 0 aliphatic rings. The smallest absolute Gasteiger partial charge is 0.244 e. The van der Waals surface area contributed by atoms with E-state index in [1.807, 2.05) is 36.4 Å². The van der Waals surface area contributed by atoms with Crippen LogP contribution in [0.5, 0.6) is 0 Å². The fourth-order valence-electron chi connectivity index (χ4n) is 2.48. The quantitative estimate of drug-likeness (QED) is 0.496. The van der Waals surface area contributed by atoms with Crippen LogP contribution in [0.2, 0.25) is 0 Å². The molecule has 0 fully saturated rings. The third kappa shape index (κ3) is 2.83. The number of hydrogen-bond donors (Lipinski definition) is 0. The van der Waals surface area contributed by atoms with E-state index in [4.69, 9.17) is 0 Å². The van der Waals surface area contributed by atoms with Gasteiger partial charge in [0.15, 0.2) is 0 Å². The van der Waals surface area contributed by atoms with Gasteiger partial charge >= 0.3 is 11.4 Å². The molecule has 10 nitrogen and oxygen atoms in total. The van der Waals surface area contributed by atoms with Crippen molar-refractivity contribution in [2.75, 3.05) is 0 Å². The Hall–Kier alpha value is -3.82. The van der Waals surface area contributed by atoms with Crippen LogP contribution in [0.25, 0.3) is 11.4 Å². The van der Waals surface area contributed by atoms with Crippen LogP contribution >= 0.6 is 0 Å². The topological polar surface area (TPSA) is 105 Å². The fraction of sp³-hybridized carbons (Fsp3) is 0.125. The van der Waals surface area contributed by atoms with Crippen molar-refractivity contribution in [1.29, 1.82) is 0 Å². The summed E-state index contributed by atoms with van der Waals surface area (Å²) < 4.78 is 4.76. The van der Waals surface area contributed by atoms with E-state index < -0.39 is 0 Å². The molecule has 0 saturated carbocycles. The van der Waals surface area contributed by atoms with Crippen LogP contribution in [0.4, 0.5) is 0 Å². The molecule has 2 aromatic carbocycles. The summed E-state index contributed by atoms with van der Waals surface area (Å²) in [5, 5.41) is 15.4. The molecule has 2 heterocycles. The van der Waals surface area contributed by atoms with Gasteiger partial charge in [-0.1, -0.05) is 36.4 Å². The summed E-state index contributed by atoms with van der Waals surface area (Å²) in [6.45, 7) is 0.304. The summed E-state index contributed by atoms with van der Waals surface area (Å²) in [5.41, 5.74) is 0.464. The van der Waals surface area contributed by atoms with E-state index >= 15 is 0 Å². The van der Waals surface area contributed by atoms with Gasteiger partial charge in [-0.05, 0) is 45.1 Å². The van der Waals surface area contributed by atoms with Crippen LogP contribution in [0.1, 0.15) is 0 Å². The Labute approximate surface area is 146 Å². The van der Waals surface area contributed by atoms with E-state index in [9.17, 15) is 9.59 Å². The minimum atomic E-state index is -0.389. The monoisotopic (exact) mass is 350 g/mol. The van der Waals surface area contributed by atoms with E-state index in [0.717, 1.165) is 0 Å². The number of benzene rings is 2. The predicted molar refractivity (Wildman–Crippen MR) is 91.2 cm³/mol. The minimum Gasteiger partial charge on any atom is -0.244 e. The Morgan fingerprint density at radius 1 is 0.577 bits per heavy atom. The van der Waals surface area contributed by atoms with E-state index in [-0.39, 0.29) is 24.5 Å². The van der Waals surface area contributed by atoms with Crippen LogP contribution < -0.4 is 11.4 Å². The number of para-hydroxylation sites is 2. The molecule has 2 aromatic heterocycles. The third-order valence-electron chi connectivity index (χ3n) is 3.80. The fourth-order valence-corrected chi connectivity index (χ4v) is 2.48. The largest absolute Gasteiger partial charge is 0.368 e. The molecule has 4 aromatic rings. The first-order valence-electron chi connectivity index (χ1n) is 7.90. The number of tetrazole rings is 2. The van der Waals surface area contributed by atoms with Gasteiger partial charge in [-0.3, -0.25) is 0 Å². The van der Waals surface area contributed by atoms with Gasteiger partial charge in [-0.25, -0.2) is 9.59 Å². The molecule has 0 unspecified atom stereocenters. The average molecular weight is 350 g/mol. The summed E-state index contributed by atoms with van der Waals surface area (Å²) in [7, 11) is 0. The Morgan fingerprint density at radius 3 is 1.35 bits per heavy atom. The second kappa shape index (κ2) is 6.59. The van der Waals surface area contributed by atoms with E-state index in [1.165, 1.54) is 18.7 Å². The normalized spacial score (nSPS) is 10.9. The summed E-state index contributed by atoms with van der Waals surface area (Å²) in [6, 6.07) is 18.0. The zero-order valence-electron chi connectivity index (χ0n) is 13.6. The van der Waals surface area contributed by atoms with Gasteiger partial charge in [0.1, 0.15) is 0 Å². The van der Waals surface area contributed by atoms with Gasteiger partial charge in [0.25, 0.3) is 0 Å². The van der Waals surface area contributed by atoms with Crippen LogP contribution in [-0.4, -0.2) is 39.6 Å². The average Bonchev–Trinajstić information content (AvgIpc) is 3.24. The molecule has 0 aliphatic heterocycles. The van der Waals surface area contributed by atoms with Gasteiger partial charge in [0.05, 0.1) is 24.5 Å². The molecule has 0 aliphatic carbocycles. The van der Waals surface area contributed by atoms with Gasteiger partial charge in [0, 0.05) is 0 Å². The van der Waals surface area contributed by atoms with Crippen LogP contribution in [-0.2, 0) is 13.1 Å². The number of rotatable bonds is 5. The van der Waals surface area contributed by atoms with E-state index in [0.29, 0.717) is 11.4 Å². The Bertz CT molecular complexity index is 1030. The SMILES string of the molecule is O=c1n(CCn2nnn(-c3ccccc3)c2=O)nnn1-c1ccccc1. The molecule has 0 amide bonds. The first kappa shape index (κ1) is 15.7. The lowest BCUT2D eigenvalue weighted by Gasteiger charge is -1.99. The Kier molecular flexibility index (Phi) is 3.98. The van der Waals surface area contributed by atoms with Crippen molar-refractivity contribution >= 4 is 0 Å². The maximum atomic E-state index is 12.4. The highest BCUT2D eigenvalue weighted by Gasteiger charge is 2.11.